The van der Waals surface area contributed by atoms with E-state index in [1.807, 2.05) is 24.2 Å². The maximum atomic E-state index is 13.5. The van der Waals surface area contributed by atoms with Crippen molar-refractivity contribution in [3.05, 3.63) is 24.0 Å². The van der Waals surface area contributed by atoms with Crippen molar-refractivity contribution in [1.29, 1.82) is 0 Å². The number of nitrogens with one attached hydrogen (secondary N) is 1. The van der Waals surface area contributed by atoms with Crippen molar-refractivity contribution in [1.82, 2.24) is 19.7 Å². The zero-order valence-corrected chi connectivity index (χ0v) is 20.1. The van der Waals surface area contributed by atoms with Gasteiger partial charge >= 0.3 is 6.03 Å². The average Bonchev–Trinajstić information content (AvgIpc) is 3.45. The van der Waals surface area contributed by atoms with Crippen molar-refractivity contribution in [2.75, 3.05) is 13.1 Å². The van der Waals surface area contributed by atoms with Gasteiger partial charge in [-0.25, -0.2) is 4.79 Å². The third kappa shape index (κ3) is 4.55. The molecule has 32 heavy (non-hydrogen) atoms. The molecule has 1 heterocycles. The van der Waals surface area contributed by atoms with Gasteiger partial charge in [-0.1, -0.05) is 13.8 Å². The van der Waals surface area contributed by atoms with Crippen LogP contribution in [0.4, 0.5) is 4.79 Å². The largest absolute Gasteiger partial charge is 0.353 e. The maximum absolute atomic E-state index is 13.5. The Morgan fingerprint density at radius 2 is 1.75 bits per heavy atom. The number of nitrogens with zero attached hydrogens (tertiary/aromatic N) is 3. The minimum atomic E-state index is -0.0245. The Balaban J connectivity index is 1.27. The van der Waals surface area contributed by atoms with Gasteiger partial charge in [0.15, 0.2) is 0 Å². The molecule has 5 fully saturated rings. The summed E-state index contributed by atoms with van der Waals surface area (Å²) >= 11 is 0. The van der Waals surface area contributed by atoms with Gasteiger partial charge in [-0.05, 0) is 87.2 Å². The van der Waals surface area contributed by atoms with E-state index in [-0.39, 0.29) is 24.0 Å². The SMILES string of the molecule is CC(C)CN(CC(=O)N(Cc1cccn1C)C1CC1)C(=O)NC12CC3CC(CC(C3)C1)C2. The van der Waals surface area contributed by atoms with Crippen LogP contribution in [0.1, 0.15) is 70.9 Å². The minimum Gasteiger partial charge on any atom is -0.353 e. The zero-order valence-electron chi connectivity index (χ0n) is 20.1. The molecule has 0 aromatic carbocycles. The standard InChI is InChI=1S/C26H40N4O2/c1-18(2)15-29(17-24(31)30(22-6-7-22)16-23-5-4-8-28(23)3)25(32)27-26-12-19-9-20(13-26)11-21(10-19)14-26/h4-5,8,18-22H,6-7,9-17H2,1-3H3,(H,27,32). The lowest BCUT2D eigenvalue weighted by molar-refractivity contribution is -0.133. The Morgan fingerprint density at radius 1 is 1.12 bits per heavy atom. The van der Waals surface area contributed by atoms with Crippen molar-refractivity contribution >= 4 is 11.9 Å². The van der Waals surface area contributed by atoms with Gasteiger partial charge in [0.25, 0.3) is 0 Å². The molecule has 5 aliphatic rings. The Bertz CT molecular complexity index is 820. The fraction of sp³-hybridized carbons (Fsp3) is 0.769. The van der Waals surface area contributed by atoms with Crippen molar-refractivity contribution in [3.63, 3.8) is 0 Å². The summed E-state index contributed by atoms with van der Waals surface area (Å²) in [6, 6.07) is 4.40. The fourth-order valence-electron chi connectivity index (χ4n) is 7.13. The van der Waals surface area contributed by atoms with Crippen molar-refractivity contribution in [2.45, 2.75) is 83.3 Å². The van der Waals surface area contributed by atoms with Crippen LogP contribution in [0.25, 0.3) is 0 Å². The second-order valence-corrected chi connectivity index (χ2v) is 11.8. The Labute approximate surface area is 192 Å². The Morgan fingerprint density at radius 3 is 2.25 bits per heavy atom. The number of hydrogen-bond acceptors (Lipinski definition) is 2. The molecule has 0 aliphatic heterocycles. The van der Waals surface area contributed by atoms with Gasteiger partial charge in [0.05, 0.1) is 6.54 Å². The summed E-state index contributed by atoms with van der Waals surface area (Å²) in [5.74, 6) is 2.77. The van der Waals surface area contributed by atoms with E-state index in [2.05, 4.69) is 29.8 Å². The molecule has 0 unspecified atom stereocenters. The van der Waals surface area contributed by atoms with Crippen molar-refractivity contribution in [3.8, 4) is 0 Å². The fourth-order valence-corrected chi connectivity index (χ4v) is 7.13. The lowest BCUT2D eigenvalue weighted by Crippen LogP contribution is -2.62. The monoisotopic (exact) mass is 440 g/mol. The number of amides is 3. The molecule has 6 rings (SSSR count). The highest BCUT2D eigenvalue weighted by Crippen LogP contribution is 2.55. The van der Waals surface area contributed by atoms with Gasteiger partial charge in [-0.2, -0.15) is 0 Å². The van der Waals surface area contributed by atoms with E-state index in [1.54, 1.807) is 4.90 Å². The predicted molar refractivity (Wildman–Crippen MR) is 125 cm³/mol. The average molecular weight is 441 g/mol. The molecule has 6 heteroatoms. The molecule has 176 valence electrons. The third-order valence-electron chi connectivity index (χ3n) is 8.30. The first-order chi connectivity index (χ1) is 15.3. The third-order valence-corrected chi connectivity index (χ3v) is 8.30. The van der Waals surface area contributed by atoms with Gasteiger partial charge in [0.1, 0.15) is 6.54 Å². The van der Waals surface area contributed by atoms with E-state index < -0.39 is 0 Å². The van der Waals surface area contributed by atoms with Crippen LogP contribution in [-0.2, 0) is 18.4 Å². The molecule has 4 bridgehead atoms. The number of rotatable bonds is 8. The summed E-state index contributed by atoms with van der Waals surface area (Å²) in [5, 5.41) is 3.49. The van der Waals surface area contributed by atoms with Crippen LogP contribution < -0.4 is 5.32 Å². The summed E-state index contributed by atoms with van der Waals surface area (Å²) < 4.78 is 2.08. The summed E-state index contributed by atoms with van der Waals surface area (Å²) in [6.45, 7) is 5.67. The van der Waals surface area contributed by atoms with Crippen LogP contribution in [-0.4, -0.2) is 51.0 Å². The normalized spacial score (nSPS) is 30.6. The van der Waals surface area contributed by atoms with Crippen LogP contribution in [0.2, 0.25) is 0 Å². The van der Waals surface area contributed by atoms with Gasteiger partial charge in [0, 0.05) is 37.1 Å². The highest BCUT2D eigenvalue weighted by atomic mass is 16.2. The molecule has 1 aromatic rings. The molecule has 1 N–H and O–H groups in total. The number of aromatic nitrogens is 1. The van der Waals surface area contributed by atoms with Crippen molar-refractivity contribution < 1.29 is 9.59 Å². The molecular weight excluding hydrogens is 400 g/mol. The number of carbonyl (C=O) groups is 2. The lowest BCUT2D eigenvalue weighted by atomic mass is 9.53. The quantitative estimate of drug-likeness (QED) is 0.660. The molecule has 3 amide bonds. The van der Waals surface area contributed by atoms with E-state index >= 15 is 0 Å². The van der Waals surface area contributed by atoms with Crippen LogP contribution in [0.15, 0.2) is 18.3 Å². The highest BCUT2D eigenvalue weighted by Gasteiger charge is 2.52. The summed E-state index contributed by atoms with van der Waals surface area (Å²) in [7, 11) is 2.02. The zero-order chi connectivity index (χ0) is 22.5. The molecule has 1 aromatic heterocycles. The summed E-state index contributed by atoms with van der Waals surface area (Å²) in [4.78, 5) is 30.7. The molecule has 0 atom stereocenters. The molecule has 0 radical (unpaired) electrons. The van der Waals surface area contributed by atoms with E-state index in [9.17, 15) is 9.59 Å². The van der Waals surface area contributed by atoms with Crippen LogP contribution in [0.5, 0.6) is 0 Å². The molecule has 5 saturated carbocycles. The number of hydrogen-bond donors (Lipinski definition) is 1. The number of carbonyl (C=O) groups excluding carboxylic acids is 2. The van der Waals surface area contributed by atoms with Crippen LogP contribution in [0.3, 0.4) is 0 Å². The first-order valence-electron chi connectivity index (χ1n) is 12.8. The van der Waals surface area contributed by atoms with Gasteiger partial charge < -0.3 is 19.7 Å². The minimum absolute atomic E-state index is 0.0244. The van der Waals surface area contributed by atoms with Gasteiger partial charge in [-0.15, -0.1) is 0 Å². The summed E-state index contributed by atoms with van der Waals surface area (Å²) in [5.41, 5.74) is 1.11. The lowest BCUT2D eigenvalue weighted by Gasteiger charge is -2.57. The van der Waals surface area contributed by atoms with Gasteiger partial charge in [0.2, 0.25) is 5.91 Å². The maximum Gasteiger partial charge on any atom is 0.318 e. The van der Waals surface area contributed by atoms with E-state index in [1.165, 1.54) is 19.3 Å². The van der Waals surface area contributed by atoms with Crippen LogP contribution >= 0.6 is 0 Å². The Kier molecular flexibility index (Phi) is 5.75. The van der Waals surface area contributed by atoms with E-state index in [0.29, 0.717) is 25.0 Å². The van der Waals surface area contributed by atoms with Gasteiger partial charge in [-0.3, -0.25) is 4.79 Å². The van der Waals surface area contributed by atoms with E-state index in [4.69, 9.17) is 0 Å². The highest BCUT2D eigenvalue weighted by molar-refractivity contribution is 5.85. The molecule has 5 aliphatic carbocycles. The number of urea groups is 1. The van der Waals surface area contributed by atoms with Crippen LogP contribution in [0, 0.1) is 23.7 Å². The summed E-state index contributed by atoms with van der Waals surface area (Å²) in [6.07, 6.45) is 11.6. The smallest absolute Gasteiger partial charge is 0.318 e. The second kappa shape index (κ2) is 8.42. The van der Waals surface area contributed by atoms with Crippen molar-refractivity contribution in [2.24, 2.45) is 30.7 Å². The first-order valence-corrected chi connectivity index (χ1v) is 12.8. The molecule has 0 saturated heterocycles. The molecule has 0 spiro atoms. The topological polar surface area (TPSA) is 57.6 Å². The number of aryl methyl sites for hydroxylation is 1. The predicted octanol–water partition coefficient (Wildman–Crippen LogP) is 4.15. The van der Waals surface area contributed by atoms with E-state index in [0.717, 1.165) is 55.6 Å². The molecule has 6 nitrogen and oxygen atoms in total. The first kappa shape index (κ1) is 21.8. The second-order valence-electron chi connectivity index (χ2n) is 11.8. The molecular formula is C26H40N4O2. The Hall–Kier alpha value is -1.98.